The maximum atomic E-state index is 11.6. The summed E-state index contributed by atoms with van der Waals surface area (Å²) < 4.78 is 0. The second-order valence-corrected chi connectivity index (χ2v) is 5.04. The molecule has 94 valence electrons. The summed E-state index contributed by atoms with van der Waals surface area (Å²) in [4.78, 5) is 11.6. The van der Waals surface area contributed by atoms with Gasteiger partial charge in [0, 0.05) is 13.0 Å². The quantitative estimate of drug-likeness (QED) is 0.665. The Bertz CT molecular complexity index is 196. The second-order valence-electron chi connectivity index (χ2n) is 5.04. The van der Waals surface area contributed by atoms with Crippen LogP contribution in [0.1, 0.15) is 51.9 Å². The van der Waals surface area contributed by atoms with Gasteiger partial charge in [-0.05, 0) is 44.1 Å². The molecule has 0 radical (unpaired) electrons. The smallest absolute Gasteiger partial charge is 0.220 e. The average Bonchev–Trinajstić information content (AvgIpc) is 2.21. The number of rotatable bonds is 8. The Hall–Kier alpha value is -0.570. The Morgan fingerprint density at radius 1 is 1.44 bits per heavy atom. The minimum Gasteiger partial charge on any atom is -0.356 e. The van der Waals surface area contributed by atoms with E-state index in [1.807, 2.05) is 0 Å². The van der Waals surface area contributed by atoms with Gasteiger partial charge in [0.1, 0.15) is 0 Å². The minimum atomic E-state index is 0.239. The van der Waals surface area contributed by atoms with Crippen LogP contribution in [0.5, 0.6) is 0 Å². The molecule has 1 unspecified atom stereocenters. The van der Waals surface area contributed by atoms with Gasteiger partial charge in [0.2, 0.25) is 5.91 Å². The van der Waals surface area contributed by atoms with E-state index in [0.29, 0.717) is 11.8 Å². The molecule has 0 saturated heterocycles. The molecule has 0 aromatic carbocycles. The molecule has 1 aliphatic rings. The fraction of sp³-hybridized carbons (Fsp3) is 0.923. The van der Waals surface area contributed by atoms with Crippen LogP contribution in [-0.4, -0.2) is 19.0 Å². The molecule has 1 saturated carbocycles. The lowest BCUT2D eigenvalue weighted by Crippen LogP contribution is -2.32. The normalized spacial score (nSPS) is 17.9. The third-order valence-corrected chi connectivity index (χ3v) is 3.56. The molecule has 3 N–H and O–H groups in total. The van der Waals surface area contributed by atoms with Crippen LogP contribution in [0.3, 0.4) is 0 Å². The predicted octanol–water partition coefficient (Wildman–Crippen LogP) is 2.06. The van der Waals surface area contributed by atoms with Gasteiger partial charge >= 0.3 is 0 Å². The number of hydrogen-bond donors (Lipinski definition) is 2. The molecule has 0 bridgehead atoms. The molecular formula is C13H26N2O. The second kappa shape index (κ2) is 7.66. The van der Waals surface area contributed by atoms with E-state index in [9.17, 15) is 4.79 Å². The van der Waals surface area contributed by atoms with Gasteiger partial charge in [-0.3, -0.25) is 4.79 Å². The highest BCUT2D eigenvalue weighted by molar-refractivity contribution is 5.76. The summed E-state index contributed by atoms with van der Waals surface area (Å²) in [6.45, 7) is 3.72. The van der Waals surface area contributed by atoms with Gasteiger partial charge in [-0.25, -0.2) is 0 Å². The lowest BCUT2D eigenvalue weighted by molar-refractivity contribution is -0.122. The highest BCUT2D eigenvalue weighted by Crippen LogP contribution is 2.29. The zero-order chi connectivity index (χ0) is 11.8. The molecule has 0 spiro atoms. The van der Waals surface area contributed by atoms with E-state index in [4.69, 9.17) is 5.73 Å². The first-order valence-corrected chi connectivity index (χ1v) is 6.73. The molecule has 16 heavy (non-hydrogen) atoms. The summed E-state index contributed by atoms with van der Waals surface area (Å²) in [6.07, 6.45) is 7.90. The van der Waals surface area contributed by atoms with Gasteiger partial charge in [0.15, 0.2) is 0 Å². The Morgan fingerprint density at radius 3 is 2.69 bits per heavy atom. The summed E-state index contributed by atoms with van der Waals surface area (Å²) >= 11 is 0. The van der Waals surface area contributed by atoms with Crippen LogP contribution in [0, 0.1) is 11.8 Å². The first-order valence-electron chi connectivity index (χ1n) is 6.73. The van der Waals surface area contributed by atoms with E-state index in [0.717, 1.165) is 25.9 Å². The molecule has 1 atom stereocenters. The Labute approximate surface area is 99.2 Å². The lowest BCUT2D eigenvalue weighted by Gasteiger charge is -2.25. The Morgan fingerprint density at radius 2 is 2.19 bits per heavy atom. The molecule has 1 aliphatic carbocycles. The third kappa shape index (κ3) is 4.97. The number of amides is 1. The largest absolute Gasteiger partial charge is 0.356 e. The highest BCUT2D eigenvalue weighted by Gasteiger charge is 2.20. The van der Waals surface area contributed by atoms with Gasteiger partial charge < -0.3 is 11.1 Å². The molecule has 0 aromatic heterocycles. The van der Waals surface area contributed by atoms with Gasteiger partial charge in [-0.15, -0.1) is 0 Å². The summed E-state index contributed by atoms with van der Waals surface area (Å²) in [5.41, 5.74) is 5.56. The number of carbonyl (C=O) groups is 1. The highest BCUT2D eigenvalue weighted by atomic mass is 16.1. The molecule has 3 heteroatoms. The predicted molar refractivity (Wildman–Crippen MR) is 67.0 cm³/mol. The van der Waals surface area contributed by atoms with Crippen molar-refractivity contribution in [2.75, 3.05) is 13.1 Å². The number of carbonyl (C=O) groups excluding carboxylic acids is 1. The summed E-state index contributed by atoms with van der Waals surface area (Å²) in [6, 6.07) is 0. The summed E-state index contributed by atoms with van der Waals surface area (Å²) in [7, 11) is 0. The number of hydrogen-bond acceptors (Lipinski definition) is 2. The number of nitrogens with two attached hydrogens (primary N) is 1. The van der Waals surface area contributed by atoms with Crippen molar-refractivity contribution in [3.8, 4) is 0 Å². The van der Waals surface area contributed by atoms with Crippen LogP contribution in [0.25, 0.3) is 0 Å². The standard InChI is InChI=1S/C13H26N2O/c1-2-4-12(7-8-14)10-15-13(16)9-11-5-3-6-11/h11-12H,2-10,14H2,1H3,(H,15,16). The van der Waals surface area contributed by atoms with Gasteiger partial charge in [0.05, 0.1) is 0 Å². The van der Waals surface area contributed by atoms with Crippen molar-refractivity contribution in [1.29, 1.82) is 0 Å². The van der Waals surface area contributed by atoms with Crippen molar-refractivity contribution in [3.05, 3.63) is 0 Å². The molecule has 3 nitrogen and oxygen atoms in total. The average molecular weight is 226 g/mol. The Balaban J connectivity index is 2.11. The topological polar surface area (TPSA) is 55.1 Å². The molecule has 1 fully saturated rings. The van der Waals surface area contributed by atoms with E-state index >= 15 is 0 Å². The maximum Gasteiger partial charge on any atom is 0.220 e. The summed E-state index contributed by atoms with van der Waals surface area (Å²) in [5, 5.41) is 3.06. The maximum absolute atomic E-state index is 11.6. The first-order chi connectivity index (χ1) is 7.76. The van der Waals surface area contributed by atoms with E-state index in [2.05, 4.69) is 12.2 Å². The molecule has 1 amide bonds. The zero-order valence-electron chi connectivity index (χ0n) is 10.5. The van der Waals surface area contributed by atoms with Crippen molar-refractivity contribution in [2.24, 2.45) is 17.6 Å². The van der Waals surface area contributed by atoms with Crippen molar-refractivity contribution in [2.45, 2.75) is 51.9 Å². The first kappa shape index (κ1) is 13.5. The lowest BCUT2D eigenvalue weighted by atomic mass is 9.83. The van der Waals surface area contributed by atoms with Crippen LogP contribution < -0.4 is 11.1 Å². The zero-order valence-corrected chi connectivity index (χ0v) is 10.5. The molecular weight excluding hydrogens is 200 g/mol. The van der Waals surface area contributed by atoms with Crippen LogP contribution in [0.15, 0.2) is 0 Å². The number of nitrogens with one attached hydrogen (secondary N) is 1. The fourth-order valence-electron chi connectivity index (χ4n) is 2.28. The van der Waals surface area contributed by atoms with Crippen LogP contribution >= 0.6 is 0 Å². The molecule has 0 aromatic rings. The van der Waals surface area contributed by atoms with Crippen LogP contribution in [0.2, 0.25) is 0 Å². The molecule has 0 aliphatic heterocycles. The van der Waals surface area contributed by atoms with Crippen molar-refractivity contribution >= 4 is 5.91 Å². The van der Waals surface area contributed by atoms with E-state index in [1.165, 1.54) is 32.1 Å². The SMILES string of the molecule is CCCC(CCN)CNC(=O)CC1CCC1. The van der Waals surface area contributed by atoms with E-state index in [-0.39, 0.29) is 5.91 Å². The van der Waals surface area contributed by atoms with E-state index in [1.54, 1.807) is 0 Å². The fourth-order valence-corrected chi connectivity index (χ4v) is 2.28. The third-order valence-electron chi connectivity index (χ3n) is 3.56. The van der Waals surface area contributed by atoms with Gasteiger partial charge in [-0.2, -0.15) is 0 Å². The monoisotopic (exact) mass is 226 g/mol. The molecule has 1 rings (SSSR count). The Kier molecular flexibility index (Phi) is 6.46. The van der Waals surface area contributed by atoms with Crippen molar-refractivity contribution < 1.29 is 4.79 Å². The van der Waals surface area contributed by atoms with Gasteiger partial charge in [-0.1, -0.05) is 19.8 Å². The van der Waals surface area contributed by atoms with Gasteiger partial charge in [0.25, 0.3) is 0 Å². The van der Waals surface area contributed by atoms with Crippen molar-refractivity contribution in [3.63, 3.8) is 0 Å². The van der Waals surface area contributed by atoms with Crippen LogP contribution in [-0.2, 0) is 4.79 Å². The minimum absolute atomic E-state index is 0.239. The van der Waals surface area contributed by atoms with Crippen LogP contribution in [0.4, 0.5) is 0 Å². The van der Waals surface area contributed by atoms with Crippen molar-refractivity contribution in [1.82, 2.24) is 5.32 Å². The van der Waals surface area contributed by atoms with E-state index < -0.39 is 0 Å². The summed E-state index contributed by atoms with van der Waals surface area (Å²) in [5.74, 6) is 1.47. The molecule has 0 heterocycles.